The molecule has 0 heterocycles. The van der Waals surface area contributed by atoms with Gasteiger partial charge in [0.05, 0.1) is 0 Å². The lowest BCUT2D eigenvalue weighted by Gasteiger charge is -2.07. The molecule has 1 aromatic carbocycles. The second-order valence-electron chi connectivity index (χ2n) is 2.81. The Hall–Kier alpha value is -1.28. The molecule has 0 spiro atoms. The van der Waals surface area contributed by atoms with Gasteiger partial charge in [-0.3, -0.25) is 0 Å². The number of hydrogen-bond acceptors (Lipinski definition) is 2. The highest BCUT2D eigenvalue weighted by atomic mass is 16.3. The van der Waals surface area contributed by atoms with E-state index in [2.05, 4.69) is 6.58 Å². The number of phenolic OH excluding ortho intramolecular Hbond substituents is 1. The average molecular weight is 163 g/mol. The predicted octanol–water partition coefficient (Wildman–Crippen LogP) is 1.89. The fourth-order valence-corrected chi connectivity index (χ4v) is 0.970. The Morgan fingerprint density at radius 2 is 2.25 bits per heavy atom. The van der Waals surface area contributed by atoms with Crippen molar-refractivity contribution in [1.29, 1.82) is 0 Å². The Morgan fingerprint density at radius 1 is 1.58 bits per heavy atom. The van der Waals surface area contributed by atoms with Crippen molar-refractivity contribution in [3.63, 3.8) is 0 Å². The molecule has 64 valence electrons. The molecule has 1 aromatic rings. The molecule has 0 aliphatic rings. The van der Waals surface area contributed by atoms with Gasteiger partial charge < -0.3 is 10.8 Å². The summed E-state index contributed by atoms with van der Waals surface area (Å²) in [6.07, 6.45) is 1.64. The third-order valence-electron chi connectivity index (χ3n) is 1.87. The van der Waals surface area contributed by atoms with Gasteiger partial charge in [-0.15, -0.1) is 6.58 Å². The molecule has 0 amide bonds. The lowest BCUT2D eigenvalue weighted by molar-refractivity contribution is 0.470. The van der Waals surface area contributed by atoms with E-state index in [4.69, 9.17) is 5.73 Å². The van der Waals surface area contributed by atoms with Crippen molar-refractivity contribution in [2.75, 3.05) is 0 Å². The fourth-order valence-electron chi connectivity index (χ4n) is 0.970. The van der Waals surface area contributed by atoms with Crippen molar-refractivity contribution < 1.29 is 5.11 Å². The van der Waals surface area contributed by atoms with E-state index in [1.54, 1.807) is 12.1 Å². The first-order valence-electron chi connectivity index (χ1n) is 3.83. The summed E-state index contributed by atoms with van der Waals surface area (Å²) in [5, 5.41) is 9.35. The zero-order chi connectivity index (χ0) is 9.14. The minimum absolute atomic E-state index is 0.198. The molecular formula is C10H13NO. The van der Waals surface area contributed by atoms with Crippen LogP contribution in [0, 0.1) is 6.92 Å². The zero-order valence-electron chi connectivity index (χ0n) is 7.12. The van der Waals surface area contributed by atoms with Gasteiger partial charge in [-0.05, 0) is 24.1 Å². The van der Waals surface area contributed by atoms with E-state index in [1.807, 2.05) is 19.1 Å². The maximum Gasteiger partial charge on any atom is 0.118 e. The smallest absolute Gasteiger partial charge is 0.118 e. The van der Waals surface area contributed by atoms with Crippen molar-refractivity contribution in [1.82, 2.24) is 0 Å². The molecule has 0 fully saturated rings. The van der Waals surface area contributed by atoms with E-state index in [1.165, 1.54) is 0 Å². The van der Waals surface area contributed by atoms with E-state index in [9.17, 15) is 5.11 Å². The van der Waals surface area contributed by atoms with E-state index in [0.29, 0.717) is 0 Å². The highest BCUT2D eigenvalue weighted by Crippen LogP contribution is 2.21. The van der Waals surface area contributed by atoms with E-state index in [-0.39, 0.29) is 11.8 Å². The summed E-state index contributed by atoms with van der Waals surface area (Å²) in [5.74, 6) is 0.282. The number of phenols is 1. The second kappa shape index (κ2) is 3.41. The number of benzene rings is 1. The summed E-state index contributed by atoms with van der Waals surface area (Å²) in [4.78, 5) is 0. The first kappa shape index (κ1) is 8.81. The lowest BCUT2D eigenvalue weighted by Crippen LogP contribution is -2.05. The highest BCUT2D eigenvalue weighted by Gasteiger charge is 2.02. The summed E-state index contributed by atoms with van der Waals surface area (Å²) < 4.78 is 0. The Kier molecular flexibility index (Phi) is 2.51. The standard InChI is InChI=1S/C10H13NO/c1-3-9(11)8-5-4-7(2)10(12)6-8/h3-6,9,12H,1,11H2,2H3. The Labute approximate surface area is 72.3 Å². The Balaban J connectivity index is 3.04. The molecule has 0 radical (unpaired) electrons. The van der Waals surface area contributed by atoms with Crippen LogP contribution in [0.2, 0.25) is 0 Å². The van der Waals surface area contributed by atoms with E-state index < -0.39 is 0 Å². The predicted molar refractivity (Wildman–Crippen MR) is 50.0 cm³/mol. The third-order valence-corrected chi connectivity index (χ3v) is 1.87. The van der Waals surface area contributed by atoms with Crippen LogP contribution in [0.5, 0.6) is 5.75 Å². The van der Waals surface area contributed by atoms with Crippen molar-refractivity contribution in [2.45, 2.75) is 13.0 Å². The highest BCUT2D eigenvalue weighted by molar-refractivity contribution is 5.37. The van der Waals surface area contributed by atoms with Crippen LogP contribution in [-0.4, -0.2) is 5.11 Å². The van der Waals surface area contributed by atoms with Gasteiger partial charge in [-0.25, -0.2) is 0 Å². The van der Waals surface area contributed by atoms with Crippen molar-refractivity contribution in [2.24, 2.45) is 5.73 Å². The quantitative estimate of drug-likeness (QED) is 0.654. The molecule has 3 N–H and O–H groups in total. The molecule has 2 nitrogen and oxygen atoms in total. The van der Waals surface area contributed by atoms with Crippen molar-refractivity contribution in [3.8, 4) is 5.75 Å². The lowest BCUT2D eigenvalue weighted by atomic mass is 10.1. The maximum atomic E-state index is 9.35. The van der Waals surface area contributed by atoms with Crippen LogP contribution < -0.4 is 5.73 Å². The fraction of sp³-hybridized carbons (Fsp3) is 0.200. The number of hydrogen-bond donors (Lipinski definition) is 2. The van der Waals surface area contributed by atoms with Crippen LogP contribution in [-0.2, 0) is 0 Å². The monoisotopic (exact) mass is 163 g/mol. The van der Waals surface area contributed by atoms with Crippen LogP contribution in [0.4, 0.5) is 0 Å². The first-order valence-corrected chi connectivity index (χ1v) is 3.83. The SMILES string of the molecule is C=CC(N)c1ccc(C)c(O)c1. The molecular weight excluding hydrogens is 150 g/mol. The number of nitrogens with two attached hydrogens (primary N) is 1. The number of aryl methyl sites for hydroxylation is 1. The molecule has 0 aliphatic heterocycles. The van der Waals surface area contributed by atoms with Crippen LogP contribution in [0.1, 0.15) is 17.2 Å². The van der Waals surface area contributed by atoms with Gasteiger partial charge in [0.2, 0.25) is 0 Å². The Bertz CT molecular complexity index is 294. The second-order valence-corrected chi connectivity index (χ2v) is 2.81. The number of rotatable bonds is 2. The molecule has 0 aromatic heterocycles. The molecule has 2 heteroatoms. The molecule has 1 rings (SSSR count). The van der Waals surface area contributed by atoms with Crippen LogP contribution in [0.25, 0.3) is 0 Å². The third kappa shape index (κ3) is 1.66. The summed E-state index contributed by atoms with van der Waals surface area (Å²) in [5.41, 5.74) is 7.42. The van der Waals surface area contributed by atoms with Gasteiger partial charge in [0.1, 0.15) is 5.75 Å². The maximum absolute atomic E-state index is 9.35. The van der Waals surface area contributed by atoms with Gasteiger partial charge >= 0.3 is 0 Å². The largest absolute Gasteiger partial charge is 0.508 e. The normalized spacial score (nSPS) is 12.5. The molecule has 1 atom stereocenters. The molecule has 12 heavy (non-hydrogen) atoms. The summed E-state index contributed by atoms with van der Waals surface area (Å²) in [7, 11) is 0. The molecule has 0 aliphatic carbocycles. The summed E-state index contributed by atoms with van der Waals surface area (Å²) in [6, 6.07) is 5.20. The van der Waals surface area contributed by atoms with Crippen LogP contribution >= 0.6 is 0 Å². The van der Waals surface area contributed by atoms with Crippen LogP contribution in [0.3, 0.4) is 0 Å². The van der Waals surface area contributed by atoms with Crippen molar-refractivity contribution in [3.05, 3.63) is 42.0 Å². The average Bonchev–Trinajstić information content (AvgIpc) is 2.08. The minimum Gasteiger partial charge on any atom is -0.508 e. The van der Waals surface area contributed by atoms with Crippen LogP contribution in [0.15, 0.2) is 30.9 Å². The molecule has 1 unspecified atom stereocenters. The van der Waals surface area contributed by atoms with Gasteiger partial charge in [0, 0.05) is 6.04 Å². The number of aromatic hydroxyl groups is 1. The minimum atomic E-state index is -0.198. The van der Waals surface area contributed by atoms with Gasteiger partial charge in [-0.2, -0.15) is 0 Å². The molecule has 0 saturated carbocycles. The van der Waals surface area contributed by atoms with E-state index in [0.717, 1.165) is 11.1 Å². The van der Waals surface area contributed by atoms with Gasteiger partial charge in [0.25, 0.3) is 0 Å². The topological polar surface area (TPSA) is 46.2 Å². The first-order chi connectivity index (χ1) is 5.65. The summed E-state index contributed by atoms with van der Waals surface area (Å²) in [6.45, 7) is 5.43. The van der Waals surface area contributed by atoms with Gasteiger partial charge in [-0.1, -0.05) is 18.2 Å². The Morgan fingerprint density at radius 3 is 2.75 bits per heavy atom. The van der Waals surface area contributed by atoms with Crippen molar-refractivity contribution >= 4 is 0 Å². The van der Waals surface area contributed by atoms with Gasteiger partial charge in [0.15, 0.2) is 0 Å². The molecule has 0 saturated heterocycles. The zero-order valence-corrected chi connectivity index (χ0v) is 7.12. The summed E-state index contributed by atoms with van der Waals surface area (Å²) >= 11 is 0. The van der Waals surface area contributed by atoms with E-state index >= 15 is 0 Å². The molecule has 0 bridgehead atoms.